The monoisotopic (exact) mass is 439 g/mol. The predicted octanol–water partition coefficient (Wildman–Crippen LogP) is 4.29. The second-order valence-corrected chi connectivity index (χ2v) is 10.1. The molecular weight excluding hydrogens is 422 g/mol. The van der Waals surface area contributed by atoms with Crippen LogP contribution in [0.1, 0.15) is 24.5 Å². The molecule has 0 bridgehead atoms. The molecule has 2 aromatic carbocycles. The van der Waals surface area contributed by atoms with Gasteiger partial charge in [-0.05, 0) is 48.2 Å². The van der Waals surface area contributed by atoms with E-state index in [1.54, 1.807) is 24.3 Å². The lowest BCUT2D eigenvalue weighted by atomic mass is 10.0. The Kier molecular flexibility index (Phi) is 4.34. The Morgan fingerprint density at radius 2 is 1.67 bits per heavy atom. The fourth-order valence-corrected chi connectivity index (χ4v) is 4.40. The second-order valence-electron chi connectivity index (χ2n) is 7.62. The van der Waals surface area contributed by atoms with E-state index in [-0.39, 0.29) is 10.5 Å². The van der Waals surface area contributed by atoms with Crippen LogP contribution in [-0.4, -0.2) is 29.3 Å². The highest BCUT2D eigenvalue weighted by Crippen LogP contribution is 2.45. The number of aromatic nitrogens is 3. The van der Waals surface area contributed by atoms with Crippen LogP contribution < -0.4 is 5.56 Å². The maximum Gasteiger partial charge on any atom is 0.274 e. The number of halogens is 1. The molecule has 1 N–H and O–H groups in total. The lowest BCUT2D eigenvalue weighted by molar-refractivity contribution is 0.602. The molecule has 0 aliphatic heterocycles. The highest BCUT2D eigenvalue weighted by atomic mass is 35.5. The summed E-state index contributed by atoms with van der Waals surface area (Å²) in [6.07, 6.45) is 3.27. The number of H-pyrrole nitrogens is 1. The average Bonchev–Trinajstić information content (AvgIpc) is 3.49. The van der Waals surface area contributed by atoms with Crippen LogP contribution in [0.4, 0.5) is 0 Å². The van der Waals surface area contributed by atoms with Crippen molar-refractivity contribution in [3.63, 3.8) is 0 Å². The van der Waals surface area contributed by atoms with Gasteiger partial charge in [0, 0.05) is 28.8 Å². The summed E-state index contributed by atoms with van der Waals surface area (Å²) in [5, 5.41) is 5.26. The largest absolute Gasteiger partial charge is 0.339 e. The van der Waals surface area contributed by atoms with E-state index >= 15 is 0 Å². The number of nitrogens with zero attached hydrogens (tertiary/aromatic N) is 2. The van der Waals surface area contributed by atoms with Gasteiger partial charge in [0.25, 0.3) is 5.56 Å². The van der Waals surface area contributed by atoms with E-state index < -0.39 is 9.84 Å². The van der Waals surface area contributed by atoms with Crippen molar-refractivity contribution in [2.45, 2.75) is 23.7 Å². The first kappa shape index (κ1) is 19.1. The van der Waals surface area contributed by atoms with E-state index in [1.807, 2.05) is 24.3 Å². The number of nitrogens with one attached hydrogen (secondary N) is 1. The Labute approximate surface area is 178 Å². The van der Waals surface area contributed by atoms with Crippen molar-refractivity contribution in [2.24, 2.45) is 0 Å². The van der Waals surface area contributed by atoms with E-state index in [1.165, 1.54) is 16.8 Å². The Morgan fingerprint density at radius 1 is 1.03 bits per heavy atom. The minimum absolute atomic E-state index is 0.233. The highest BCUT2D eigenvalue weighted by molar-refractivity contribution is 7.90. The molecule has 2 heterocycles. The van der Waals surface area contributed by atoms with Gasteiger partial charge in [0.15, 0.2) is 9.84 Å². The molecule has 1 aliphatic rings. The quantitative estimate of drug-likeness (QED) is 0.514. The molecule has 1 aliphatic carbocycles. The molecule has 0 radical (unpaired) electrons. The Morgan fingerprint density at radius 3 is 2.27 bits per heavy atom. The lowest BCUT2D eigenvalue weighted by Gasteiger charge is -2.07. The summed E-state index contributed by atoms with van der Waals surface area (Å²) < 4.78 is 24.9. The normalized spacial score (nSPS) is 14.3. The first-order valence-electron chi connectivity index (χ1n) is 9.53. The maximum atomic E-state index is 12.9. The van der Waals surface area contributed by atoms with Gasteiger partial charge in [0.05, 0.1) is 16.3 Å². The number of benzene rings is 2. The van der Waals surface area contributed by atoms with Gasteiger partial charge in [-0.3, -0.25) is 4.79 Å². The van der Waals surface area contributed by atoms with Crippen LogP contribution in [-0.2, 0) is 9.84 Å². The standard InChI is InChI=1S/C22H18ClN3O3S/c1-30(28,29)17-10-6-13(7-11-17)18-12-19(27)26-22(24-18)20(21(25-26)15-2-3-15)14-4-8-16(23)9-5-14/h4-12,15,24H,2-3H2,1H3. The van der Waals surface area contributed by atoms with Crippen LogP contribution >= 0.6 is 11.6 Å². The third-order valence-corrected chi connectivity index (χ3v) is 6.71. The van der Waals surface area contributed by atoms with Gasteiger partial charge in [-0.2, -0.15) is 9.61 Å². The molecule has 0 unspecified atom stereocenters. The number of rotatable bonds is 4. The Bertz CT molecular complexity index is 1430. The third-order valence-electron chi connectivity index (χ3n) is 5.33. The summed E-state index contributed by atoms with van der Waals surface area (Å²) >= 11 is 6.06. The first-order chi connectivity index (χ1) is 14.3. The zero-order chi connectivity index (χ0) is 21.0. The number of sulfone groups is 1. The zero-order valence-corrected chi connectivity index (χ0v) is 17.7. The summed E-state index contributed by atoms with van der Waals surface area (Å²) in [6.45, 7) is 0. The van der Waals surface area contributed by atoms with Crippen molar-refractivity contribution in [2.75, 3.05) is 6.26 Å². The number of fused-ring (bicyclic) bond motifs is 1. The molecule has 8 heteroatoms. The predicted molar refractivity (Wildman–Crippen MR) is 117 cm³/mol. The van der Waals surface area contributed by atoms with Gasteiger partial charge in [-0.1, -0.05) is 35.9 Å². The van der Waals surface area contributed by atoms with Crippen molar-refractivity contribution in [1.29, 1.82) is 0 Å². The number of hydrogen-bond donors (Lipinski definition) is 1. The van der Waals surface area contributed by atoms with E-state index in [9.17, 15) is 13.2 Å². The van der Waals surface area contributed by atoms with Crippen LogP contribution in [0.25, 0.3) is 28.0 Å². The van der Waals surface area contributed by atoms with E-state index in [4.69, 9.17) is 11.6 Å². The molecule has 0 atom stereocenters. The summed E-state index contributed by atoms with van der Waals surface area (Å²) in [6, 6.07) is 15.5. The molecule has 0 spiro atoms. The smallest absolute Gasteiger partial charge is 0.274 e. The molecule has 5 rings (SSSR count). The molecule has 6 nitrogen and oxygen atoms in total. The fraction of sp³-hybridized carbons (Fsp3) is 0.182. The molecule has 152 valence electrons. The topological polar surface area (TPSA) is 84.3 Å². The molecule has 2 aromatic heterocycles. The Balaban J connectivity index is 1.72. The van der Waals surface area contributed by atoms with E-state index in [2.05, 4.69) is 10.1 Å². The number of aromatic amines is 1. The minimum atomic E-state index is -3.29. The highest BCUT2D eigenvalue weighted by Gasteiger charge is 2.31. The van der Waals surface area contributed by atoms with Gasteiger partial charge in [0.1, 0.15) is 5.65 Å². The molecule has 0 amide bonds. The summed E-state index contributed by atoms with van der Waals surface area (Å²) in [7, 11) is -3.29. The van der Waals surface area contributed by atoms with Crippen molar-refractivity contribution in [1.82, 2.24) is 14.6 Å². The van der Waals surface area contributed by atoms with Crippen LogP contribution in [0.2, 0.25) is 5.02 Å². The first-order valence-corrected chi connectivity index (χ1v) is 11.8. The fourth-order valence-electron chi connectivity index (χ4n) is 3.64. The molecule has 0 saturated heterocycles. The number of hydrogen-bond acceptors (Lipinski definition) is 4. The summed E-state index contributed by atoms with van der Waals surface area (Å²) in [5.41, 5.74) is 4.46. The van der Waals surface area contributed by atoms with Crippen molar-refractivity contribution in [3.8, 4) is 22.4 Å². The van der Waals surface area contributed by atoms with Gasteiger partial charge < -0.3 is 4.98 Å². The van der Waals surface area contributed by atoms with Crippen LogP contribution in [0.15, 0.2) is 64.3 Å². The van der Waals surface area contributed by atoms with Gasteiger partial charge in [-0.25, -0.2) is 8.42 Å². The van der Waals surface area contributed by atoms with Gasteiger partial charge in [-0.15, -0.1) is 0 Å². The lowest BCUT2D eigenvalue weighted by Crippen LogP contribution is -2.14. The molecule has 1 fully saturated rings. The molecule has 4 aromatic rings. The van der Waals surface area contributed by atoms with Crippen LogP contribution in [0, 0.1) is 0 Å². The zero-order valence-electron chi connectivity index (χ0n) is 16.1. The van der Waals surface area contributed by atoms with Crippen molar-refractivity contribution < 1.29 is 8.42 Å². The molecule has 1 saturated carbocycles. The summed E-state index contributed by atoms with van der Waals surface area (Å²) in [4.78, 5) is 16.4. The van der Waals surface area contributed by atoms with E-state index in [0.717, 1.165) is 35.2 Å². The van der Waals surface area contributed by atoms with Crippen LogP contribution in [0.3, 0.4) is 0 Å². The van der Waals surface area contributed by atoms with Crippen molar-refractivity contribution in [3.05, 3.63) is 75.7 Å². The Hall–Kier alpha value is -2.90. The van der Waals surface area contributed by atoms with Crippen molar-refractivity contribution >= 4 is 27.1 Å². The van der Waals surface area contributed by atoms with Crippen LogP contribution in [0.5, 0.6) is 0 Å². The second kappa shape index (κ2) is 6.82. The summed E-state index contributed by atoms with van der Waals surface area (Å²) in [5.74, 6) is 0.348. The van der Waals surface area contributed by atoms with Gasteiger partial charge >= 0.3 is 0 Å². The maximum absolute atomic E-state index is 12.9. The molecular formula is C22H18ClN3O3S. The minimum Gasteiger partial charge on any atom is -0.339 e. The average molecular weight is 440 g/mol. The molecule has 30 heavy (non-hydrogen) atoms. The SMILES string of the molecule is CS(=O)(=O)c1ccc(-c2cc(=O)n3nc(C4CC4)c(-c4ccc(Cl)cc4)c3[nH]2)cc1. The van der Waals surface area contributed by atoms with E-state index in [0.29, 0.717) is 22.3 Å². The van der Waals surface area contributed by atoms with Gasteiger partial charge in [0.2, 0.25) is 0 Å². The third kappa shape index (κ3) is 3.34.